The van der Waals surface area contributed by atoms with Crippen molar-refractivity contribution in [2.45, 2.75) is 19.3 Å². The van der Waals surface area contributed by atoms with E-state index in [9.17, 15) is 5.11 Å². The number of aryl methyl sites for hydroxylation is 1. The minimum absolute atomic E-state index is 0.372. The van der Waals surface area contributed by atoms with Crippen LogP contribution < -0.4 is 11.1 Å². The molecule has 2 rings (SSSR count). The van der Waals surface area contributed by atoms with E-state index in [4.69, 9.17) is 5.73 Å². The average Bonchev–Trinajstić information content (AvgIpc) is 2.44. The molecule has 1 aromatic carbocycles. The second kappa shape index (κ2) is 7.48. The van der Waals surface area contributed by atoms with Crippen molar-refractivity contribution in [2.24, 2.45) is 5.73 Å². The molecule has 0 unspecified atom stereocenters. The number of nitrogens with one attached hydrogen (secondary N) is 1. The van der Waals surface area contributed by atoms with Gasteiger partial charge in [-0.2, -0.15) is 0 Å². The molecular weight excluding hydrogens is 238 g/mol. The van der Waals surface area contributed by atoms with Gasteiger partial charge in [0.05, 0.1) is 0 Å². The first-order valence-electron chi connectivity index (χ1n) is 7.23. The minimum atomic E-state index is 0.372. The molecule has 0 radical (unpaired) electrons. The highest BCUT2D eigenvalue weighted by atomic mass is 16.3. The maximum atomic E-state index is 9.72. The fourth-order valence-electron chi connectivity index (χ4n) is 2.59. The van der Waals surface area contributed by atoms with E-state index in [1.807, 2.05) is 6.07 Å². The van der Waals surface area contributed by atoms with Gasteiger partial charge in [-0.05, 0) is 49.5 Å². The van der Waals surface area contributed by atoms with Crippen molar-refractivity contribution in [1.82, 2.24) is 10.2 Å². The predicted octanol–water partition coefficient (Wildman–Crippen LogP) is 0.731. The lowest BCUT2D eigenvalue weighted by Crippen LogP contribution is -2.43. The molecule has 19 heavy (non-hydrogen) atoms. The number of benzene rings is 1. The average molecular weight is 263 g/mol. The number of nitrogens with two attached hydrogens (primary N) is 1. The smallest absolute Gasteiger partial charge is 0.118 e. The summed E-state index contributed by atoms with van der Waals surface area (Å²) in [5, 5.41) is 13.1. The second-order valence-corrected chi connectivity index (χ2v) is 5.20. The van der Waals surface area contributed by atoms with Gasteiger partial charge in [-0.25, -0.2) is 0 Å². The highest BCUT2D eigenvalue weighted by Gasteiger charge is 2.09. The van der Waals surface area contributed by atoms with Crippen LogP contribution in [0.2, 0.25) is 0 Å². The zero-order chi connectivity index (χ0) is 13.5. The van der Waals surface area contributed by atoms with Gasteiger partial charge in [0.15, 0.2) is 0 Å². The van der Waals surface area contributed by atoms with Crippen molar-refractivity contribution in [3.63, 3.8) is 0 Å². The highest BCUT2D eigenvalue weighted by Crippen LogP contribution is 2.19. The van der Waals surface area contributed by atoms with E-state index >= 15 is 0 Å². The standard InChI is InChI=1S/C15H25N3O/c16-6-5-14-12-13(3-4-15(14)19)2-1-9-18-10-7-17-8-11-18/h3-4,12,17,19H,1-2,5-11,16H2. The topological polar surface area (TPSA) is 61.5 Å². The lowest BCUT2D eigenvalue weighted by Gasteiger charge is -2.27. The number of rotatable bonds is 6. The molecule has 0 aliphatic carbocycles. The first-order chi connectivity index (χ1) is 9.29. The monoisotopic (exact) mass is 263 g/mol. The molecule has 0 bridgehead atoms. The van der Waals surface area contributed by atoms with E-state index in [1.54, 1.807) is 6.07 Å². The van der Waals surface area contributed by atoms with E-state index < -0.39 is 0 Å². The maximum Gasteiger partial charge on any atom is 0.118 e. The Morgan fingerprint density at radius 2 is 2.00 bits per heavy atom. The number of nitrogens with zero attached hydrogens (tertiary/aromatic N) is 1. The van der Waals surface area contributed by atoms with Gasteiger partial charge in [-0.3, -0.25) is 0 Å². The first kappa shape index (κ1) is 14.3. The Balaban J connectivity index is 1.80. The Hall–Kier alpha value is -1.10. The lowest BCUT2D eigenvalue weighted by atomic mass is 10.0. The van der Waals surface area contributed by atoms with Crippen molar-refractivity contribution >= 4 is 0 Å². The van der Waals surface area contributed by atoms with Crippen LogP contribution >= 0.6 is 0 Å². The SMILES string of the molecule is NCCc1cc(CCCN2CCNCC2)ccc1O. The predicted molar refractivity (Wildman–Crippen MR) is 78.5 cm³/mol. The third-order valence-electron chi connectivity index (χ3n) is 3.71. The van der Waals surface area contributed by atoms with Crippen LogP contribution in [0, 0.1) is 0 Å². The van der Waals surface area contributed by atoms with Crippen molar-refractivity contribution in [3.05, 3.63) is 29.3 Å². The molecule has 0 aromatic heterocycles. The largest absolute Gasteiger partial charge is 0.508 e. The van der Waals surface area contributed by atoms with Crippen molar-refractivity contribution in [2.75, 3.05) is 39.3 Å². The van der Waals surface area contributed by atoms with Gasteiger partial charge in [0.25, 0.3) is 0 Å². The molecule has 0 atom stereocenters. The molecule has 1 fully saturated rings. The van der Waals surface area contributed by atoms with E-state index in [0.717, 1.165) is 51.1 Å². The number of hydrogen-bond donors (Lipinski definition) is 3. The van der Waals surface area contributed by atoms with Gasteiger partial charge in [0.2, 0.25) is 0 Å². The summed E-state index contributed by atoms with van der Waals surface area (Å²) in [4.78, 5) is 2.51. The molecule has 106 valence electrons. The fourth-order valence-corrected chi connectivity index (χ4v) is 2.59. The molecule has 0 amide bonds. The van der Waals surface area contributed by atoms with Crippen molar-refractivity contribution < 1.29 is 5.11 Å². The normalized spacial score (nSPS) is 16.7. The third kappa shape index (κ3) is 4.49. The molecule has 0 spiro atoms. The van der Waals surface area contributed by atoms with Crippen LogP contribution in [0.25, 0.3) is 0 Å². The summed E-state index contributed by atoms with van der Waals surface area (Å²) in [6.45, 7) is 6.29. The van der Waals surface area contributed by atoms with Gasteiger partial charge in [-0.15, -0.1) is 0 Å². The molecule has 4 nitrogen and oxygen atoms in total. The number of piperazine rings is 1. The van der Waals surface area contributed by atoms with Crippen LogP contribution in [-0.2, 0) is 12.8 Å². The summed E-state index contributed by atoms with van der Waals surface area (Å²) in [6, 6.07) is 5.91. The number of phenolic OH excluding ortho intramolecular Hbond substituents is 1. The van der Waals surface area contributed by atoms with E-state index in [2.05, 4.69) is 16.3 Å². The van der Waals surface area contributed by atoms with Crippen LogP contribution in [0.5, 0.6) is 5.75 Å². The van der Waals surface area contributed by atoms with E-state index in [0.29, 0.717) is 12.3 Å². The van der Waals surface area contributed by atoms with Crippen LogP contribution in [0.4, 0.5) is 0 Å². The third-order valence-corrected chi connectivity index (χ3v) is 3.71. The zero-order valence-electron chi connectivity index (χ0n) is 11.6. The molecule has 4 N–H and O–H groups in total. The summed E-state index contributed by atoms with van der Waals surface area (Å²) in [7, 11) is 0. The first-order valence-corrected chi connectivity index (χ1v) is 7.23. The Morgan fingerprint density at radius 1 is 1.21 bits per heavy atom. The molecular formula is C15H25N3O. The van der Waals surface area contributed by atoms with Crippen molar-refractivity contribution in [1.29, 1.82) is 0 Å². The number of phenols is 1. The van der Waals surface area contributed by atoms with Crippen molar-refractivity contribution in [3.8, 4) is 5.75 Å². The molecule has 1 heterocycles. The summed E-state index contributed by atoms with van der Waals surface area (Å²) in [5.74, 6) is 0.372. The molecule has 4 heteroatoms. The molecule has 1 aliphatic heterocycles. The van der Waals surface area contributed by atoms with Gasteiger partial charge in [-0.1, -0.05) is 12.1 Å². The van der Waals surface area contributed by atoms with Crippen LogP contribution in [-0.4, -0.2) is 49.3 Å². The Labute approximate surface area is 115 Å². The summed E-state index contributed by atoms with van der Waals surface area (Å²) < 4.78 is 0. The Morgan fingerprint density at radius 3 is 2.74 bits per heavy atom. The number of aromatic hydroxyl groups is 1. The van der Waals surface area contributed by atoms with Crippen LogP contribution in [0.1, 0.15) is 17.5 Å². The van der Waals surface area contributed by atoms with E-state index in [1.165, 1.54) is 12.0 Å². The summed E-state index contributed by atoms with van der Waals surface area (Å²) >= 11 is 0. The fraction of sp³-hybridized carbons (Fsp3) is 0.600. The van der Waals surface area contributed by atoms with Gasteiger partial charge in [0, 0.05) is 26.2 Å². The highest BCUT2D eigenvalue weighted by molar-refractivity contribution is 5.36. The van der Waals surface area contributed by atoms with Gasteiger partial charge >= 0.3 is 0 Å². The Kier molecular flexibility index (Phi) is 5.63. The van der Waals surface area contributed by atoms with E-state index in [-0.39, 0.29) is 0 Å². The molecule has 1 aromatic rings. The summed E-state index contributed by atoms with van der Waals surface area (Å²) in [6.07, 6.45) is 2.99. The van der Waals surface area contributed by atoms with Gasteiger partial charge < -0.3 is 21.1 Å². The molecule has 1 aliphatic rings. The zero-order valence-corrected chi connectivity index (χ0v) is 11.6. The lowest BCUT2D eigenvalue weighted by molar-refractivity contribution is 0.238. The Bertz CT molecular complexity index is 389. The molecule has 0 saturated carbocycles. The van der Waals surface area contributed by atoms with Crippen LogP contribution in [0.3, 0.4) is 0 Å². The number of hydrogen-bond acceptors (Lipinski definition) is 4. The van der Waals surface area contributed by atoms with Gasteiger partial charge in [0.1, 0.15) is 5.75 Å². The minimum Gasteiger partial charge on any atom is -0.508 e. The molecule has 1 saturated heterocycles. The second-order valence-electron chi connectivity index (χ2n) is 5.20. The quantitative estimate of drug-likeness (QED) is 0.708. The summed E-state index contributed by atoms with van der Waals surface area (Å²) in [5.41, 5.74) is 7.83. The maximum absolute atomic E-state index is 9.72. The van der Waals surface area contributed by atoms with Crippen LogP contribution in [0.15, 0.2) is 18.2 Å².